The van der Waals surface area contributed by atoms with Crippen LogP contribution in [0.2, 0.25) is 0 Å². The number of nitrogens with one attached hydrogen (secondary N) is 1. The van der Waals surface area contributed by atoms with Crippen LogP contribution in [0.3, 0.4) is 0 Å². The summed E-state index contributed by atoms with van der Waals surface area (Å²) < 4.78 is 16.9. The maximum atomic E-state index is 15.0. The second-order valence-electron chi connectivity index (χ2n) is 9.05. The van der Waals surface area contributed by atoms with Gasteiger partial charge in [0.1, 0.15) is 11.9 Å². The molecule has 0 aliphatic carbocycles. The number of amides is 3. The average molecular weight is 465 g/mol. The Kier molecular flexibility index (Phi) is 5.57. The molecule has 1 aromatic heterocycles. The number of anilines is 1. The number of piperazine rings is 1. The number of carbonyl (C=O) groups excluding carboxylic acids is 3. The van der Waals surface area contributed by atoms with Gasteiger partial charge in [-0.2, -0.15) is 0 Å². The van der Waals surface area contributed by atoms with Crippen LogP contribution in [-0.2, 0) is 29.7 Å². The monoisotopic (exact) mass is 464 g/mol. The lowest BCUT2D eigenvalue weighted by Gasteiger charge is -2.36. The molecule has 3 aliphatic rings. The lowest BCUT2D eigenvalue weighted by atomic mass is 10.0. The molecular weight excluding hydrogens is 439 g/mol. The number of piperidine rings is 1. The van der Waals surface area contributed by atoms with Crippen LogP contribution in [-0.4, -0.2) is 64.3 Å². The molecule has 2 aromatic rings. The highest BCUT2D eigenvalue weighted by Crippen LogP contribution is 2.33. The van der Waals surface area contributed by atoms with Crippen molar-refractivity contribution in [1.29, 1.82) is 0 Å². The summed E-state index contributed by atoms with van der Waals surface area (Å²) in [5.41, 5.74) is 2.53. The third-order valence-corrected chi connectivity index (χ3v) is 6.86. The Morgan fingerprint density at radius 1 is 1.15 bits per heavy atom. The number of carbonyl (C=O) groups is 3. The Labute approximate surface area is 196 Å². The summed E-state index contributed by atoms with van der Waals surface area (Å²) in [5.74, 6) is -1.03. The molecule has 0 saturated carbocycles. The second-order valence-corrected chi connectivity index (χ2v) is 9.05. The van der Waals surface area contributed by atoms with E-state index in [1.807, 2.05) is 28.8 Å². The van der Waals surface area contributed by atoms with Gasteiger partial charge in [-0.1, -0.05) is 6.57 Å². The van der Waals surface area contributed by atoms with Crippen molar-refractivity contribution in [3.8, 4) is 0 Å². The van der Waals surface area contributed by atoms with Crippen LogP contribution in [0.25, 0.3) is 4.85 Å². The van der Waals surface area contributed by atoms with E-state index in [0.717, 1.165) is 25.2 Å². The largest absolute Gasteiger partial charge is 0.367 e. The van der Waals surface area contributed by atoms with Gasteiger partial charge in [0.2, 0.25) is 17.6 Å². The number of aryl methyl sites for hydroxylation is 1. The molecule has 3 amide bonds. The van der Waals surface area contributed by atoms with Gasteiger partial charge < -0.3 is 19.2 Å². The van der Waals surface area contributed by atoms with Crippen molar-refractivity contribution in [1.82, 2.24) is 19.7 Å². The first kappa shape index (κ1) is 22.1. The first-order chi connectivity index (χ1) is 16.3. The van der Waals surface area contributed by atoms with E-state index in [1.165, 1.54) is 11.0 Å². The van der Waals surface area contributed by atoms with Crippen molar-refractivity contribution in [3.05, 3.63) is 58.3 Å². The van der Waals surface area contributed by atoms with Crippen molar-refractivity contribution in [3.63, 3.8) is 0 Å². The maximum absolute atomic E-state index is 15.0. The number of halogens is 1. The normalized spacial score (nSPS) is 21.0. The topological polar surface area (TPSA) is 82.2 Å². The predicted octanol–water partition coefficient (Wildman–Crippen LogP) is 1.80. The lowest BCUT2D eigenvalue weighted by molar-refractivity contribution is -0.136. The quantitative estimate of drug-likeness (QED) is 0.551. The van der Waals surface area contributed by atoms with Crippen LogP contribution in [0.1, 0.15) is 34.3 Å². The fraction of sp³-hybridized carbons (Fsp3) is 0.417. The zero-order valence-electron chi connectivity index (χ0n) is 18.9. The van der Waals surface area contributed by atoms with Crippen molar-refractivity contribution in [2.75, 3.05) is 31.1 Å². The summed E-state index contributed by atoms with van der Waals surface area (Å²) in [6, 6.07) is 4.18. The van der Waals surface area contributed by atoms with E-state index >= 15 is 4.39 Å². The van der Waals surface area contributed by atoms with Gasteiger partial charge in [0.25, 0.3) is 5.91 Å². The highest BCUT2D eigenvalue weighted by atomic mass is 19.1. The van der Waals surface area contributed by atoms with Crippen molar-refractivity contribution < 1.29 is 18.8 Å². The van der Waals surface area contributed by atoms with Gasteiger partial charge in [-0.3, -0.25) is 24.6 Å². The molecule has 176 valence electrons. The lowest BCUT2D eigenvalue weighted by Crippen LogP contribution is -2.52. The fourth-order valence-corrected chi connectivity index (χ4v) is 5.04. The molecule has 9 nitrogen and oxygen atoms in total. The van der Waals surface area contributed by atoms with Crippen LogP contribution in [0, 0.1) is 12.4 Å². The SMILES string of the molecule is [C-]#[N+]c1cc(CN2CCN(c3cc4c(cc3F)C(=O)N(C3CCC(=O)NC3=O)C4)CC2)cn1C. The average Bonchev–Trinajstić information content (AvgIpc) is 3.32. The molecule has 0 radical (unpaired) electrons. The molecule has 34 heavy (non-hydrogen) atoms. The van der Waals surface area contributed by atoms with Crippen LogP contribution < -0.4 is 10.2 Å². The van der Waals surface area contributed by atoms with Crippen LogP contribution >= 0.6 is 0 Å². The third-order valence-electron chi connectivity index (χ3n) is 6.86. The molecule has 2 saturated heterocycles. The molecule has 0 spiro atoms. The minimum Gasteiger partial charge on any atom is -0.367 e. The second kappa shape index (κ2) is 8.57. The highest BCUT2D eigenvalue weighted by Gasteiger charge is 2.40. The van der Waals surface area contributed by atoms with Crippen molar-refractivity contribution in [2.45, 2.75) is 32.0 Å². The predicted molar refractivity (Wildman–Crippen MR) is 122 cm³/mol. The van der Waals surface area contributed by atoms with Gasteiger partial charge >= 0.3 is 0 Å². The Morgan fingerprint density at radius 3 is 2.59 bits per heavy atom. The Morgan fingerprint density at radius 2 is 1.91 bits per heavy atom. The minimum absolute atomic E-state index is 0.183. The standard InChI is InChI=1S/C24H25FN6O3/c1-26-21-9-15(12-28(21)2)13-29-5-7-30(8-6-29)20-10-16-14-31(24(34)17(16)11-18(20)25)19-3-4-22(32)27-23(19)33/h9-12,19H,3-8,13-14H2,2H3,(H,27,32,33). The summed E-state index contributed by atoms with van der Waals surface area (Å²) >= 11 is 0. The summed E-state index contributed by atoms with van der Waals surface area (Å²) in [6.45, 7) is 11.0. The molecule has 5 rings (SSSR count). The summed E-state index contributed by atoms with van der Waals surface area (Å²) in [6.07, 6.45) is 2.42. The number of imide groups is 1. The van der Waals surface area contributed by atoms with Gasteiger partial charge in [0.05, 0.1) is 18.9 Å². The molecule has 0 bridgehead atoms. The molecular formula is C24H25FN6O3. The smallest absolute Gasteiger partial charge is 0.255 e. The van der Waals surface area contributed by atoms with Crippen LogP contribution in [0.15, 0.2) is 24.4 Å². The summed E-state index contributed by atoms with van der Waals surface area (Å²) in [7, 11) is 1.86. The maximum Gasteiger partial charge on any atom is 0.255 e. The summed E-state index contributed by atoms with van der Waals surface area (Å²) in [5, 5.41) is 2.28. The molecule has 1 N–H and O–H groups in total. The van der Waals surface area contributed by atoms with E-state index in [4.69, 9.17) is 6.57 Å². The molecule has 1 aromatic carbocycles. The van der Waals surface area contributed by atoms with E-state index in [-0.39, 0.29) is 36.8 Å². The van der Waals surface area contributed by atoms with Crippen LogP contribution in [0.5, 0.6) is 0 Å². The van der Waals surface area contributed by atoms with Gasteiger partial charge in [0.15, 0.2) is 0 Å². The molecule has 1 atom stereocenters. The highest BCUT2D eigenvalue weighted by molar-refractivity contribution is 6.05. The molecule has 2 fully saturated rings. The molecule has 1 unspecified atom stereocenters. The van der Waals surface area contributed by atoms with Gasteiger partial charge in [-0.25, -0.2) is 4.39 Å². The first-order valence-corrected chi connectivity index (χ1v) is 11.3. The number of nitrogens with zero attached hydrogens (tertiary/aromatic N) is 5. The number of aromatic nitrogens is 1. The third kappa shape index (κ3) is 3.92. The number of hydrogen-bond acceptors (Lipinski definition) is 5. The Bertz CT molecular complexity index is 1220. The molecule has 3 aliphatic heterocycles. The van der Waals surface area contributed by atoms with E-state index < -0.39 is 17.8 Å². The molecule has 10 heteroatoms. The van der Waals surface area contributed by atoms with Gasteiger partial charge in [-0.15, -0.1) is 0 Å². The minimum atomic E-state index is -0.714. The zero-order chi connectivity index (χ0) is 24.0. The van der Waals surface area contributed by atoms with E-state index in [0.29, 0.717) is 30.2 Å². The van der Waals surface area contributed by atoms with Gasteiger partial charge in [-0.05, 0) is 35.7 Å². The Hall–Kier alpha value is -3.71. The Balaban J connectivity index is 1.26. The number of hydrogen-bond donors (Lipinski definition) is 1. The van der Waals surface area contributed by atoms with Gasteiger partial charge in [0, 0.05) is 51.3 Å². The number of rotatable bonds is 4. The molecule has 4 heterocycles. The number of fused-ring (bicyclic) bond motifs is 1. The van der Waals surface area contributed by atoms with Crippen molar-refractivity contribution >= 4 is 29.2 Å². The van der Waals surface area contributed by atoms with E-state index in [1.54, 1.807) is 6.07 Å². The number of benzene rings is 1. The van der Waals surface area contributed by atoms with Crippen molar-refractivity contribution in [2.24, 2.45) is 7.05 Å². The fourth-order valence-electron chi connectivity index (χ4n) is 5.04. The summed E-state index contributed by atoms with van der Waals surface area (Å²) in [4.78, 5) is 45.8. The zero-order valence-corrected chi connectivity index (χ0v) is 18.9. The van der Waals surface area contributed by atoms with E-state index in [9.17, 15) is 14.4 Å². The van der Waals surface area contributed by atoms with Crippen LogP contribution in [0.4, 0.5) is 15.9 Å². The van der Waals surface area contributed by atoms with E-state index in [2.05, 4.69) is 15.1 Å². The first-order valence-electron chi connectivity index (χ1n) is 11.3.